The number of hydrazine groups is 1. The molecule has 1 aliphatic rings. The summed E-state index contributed by atoms with van der Waals surface area (Å²) in [6.07, 6.45) is 0. The Kier molecular flexibility index (Phi) is 6.21. The highest BCUT2D eigenvalue weighted by atomic mass is 35.5. The first-order valence-electron chi connectivity index (χ1n) is 8.79. The molecule has 6 nitrogen and oxygen atoms in total. The van der Waals surface area contributed by atoms with Gasteiger partial charge in [0, 0.05) is 11.6 Å². The van der Waals surface area contributed by atoms with Crippen molar-refractivity contribution in [1.82, 2.24) is 16.2 Å². The molecule has 1 saturated heterocycles. The molecule has 3 rings (SSSR count). The fraction of sp³-hybridized carbons (Fsp3) is 0.350. The van der Waals surface area contributed by atoms with Gasteiger partial charge in [0.05, 0.1) is 32.2 Å². The Morgan fingerprint density at radius 3 is 2.67 bits per heavy atom. The van der Waals surface area contributed by atoms with E-state index < -0.39 is 0 Å². The lowest BCUT2D eigenvalue weighted by Crippen LogP contribution is -2.36. The second-order valence-corrected chi connectivity index (χ2v) is 6.95. The Hall–Kier alpha value is -2.28. The molecule has 1 fully saturated rings. The van der Waals surface area contributed by atoms with Gasteiger partial charge in [-0.05, 0) is 42.3 Å². The van der Waals surface area contributed by atoms with E-state index in [2.05, 4.69) is 16.2 Å². The number of amides is 1. The van der Waals surface area contributed by atoms with Gasteiger partial charge in [0.15, 0.2) is 11.5 Å². The van der Waals surface area contributed by atoms with Crippen molar-refractivity contribution in [1.29, 1.82) is 0 Å². The van der Waals surface area contributed by atoms with E-state index in [0.29, 0.717) is 23.1 Å². The molecule has 1 amide bonds. The van der Waals surface area contributed by atoms with E-state index in [1.165, 1.54) is 0 Å². The highest BCUT2D eigenvalue weighted by molar-refractivity contribution is 6.30. The fourth-order valence-corrected chi connectivity index (χ4v) is 3.48. The maximum atomic E-state index is 12.9. The SMILES string of the molecule is COc1ccc(C(C)NC(=O)C2CNNC2c2cccc(Cl)c2)cc1OC. The monoisotopic (exact) mass is 389 g/mol. The molecule has 0 spiro atoms. The third-order valence-electron chi connectivity index (χ3n) is 4.79. The molecule has 7 heteroatoms. The van der Waals surface area contributed by atoms with Crippen LogP contribution in [-0.4, -0.2) is 26.7 Å². The first kappa shape index (κ1) is 19.5. The Balaban J connectivity index is 1.72. The summed E-state index contributed by atoms with van der Waals surface area (Å²) in [5.41, 5.74) is 8.17. The van der Waals surface area contributed by atoms with Gasteiger partial charge in [-0.3, -0.25) is 10.2 Å². The molecule has 144 valence electrons. The topological polar surface area (TPSA) is 71.6 Å². The number of carbonyl (C=O) groups excluding carboxylic acids is 1. The van der Waals surface area contributed by atoms with Crippen molar-refractivity contribution in [2.75, 3.05) is 20.8 Å². The molecule has 0 radical (unpaired) electrons. The number of carbonyl (C=O) groups is 1. The van der Waals surface area contributed by atoms with Crippen LogP contribution in [0.5, 0.6) is 11.5 Å². The molecule has 0 bridgehead atoms. The lowest BCUT2D eigenvalue weighted by molar-refractivity contribution is -0.125. The molecule has 0 saturated carbocycles. The second-order valence-electron chi connectivity index (χ2n) is 6.51. The van der Waals surface area contributed by atoms with E-state index >= 15 is 0 Å². The van der Waals surface area contributed by atoms with Crippen LogP contribution in [0.4, 0.5) is 0 Å². The van der Waals surface area contributed by atoms with Gasteiger partial charge in [-0.15, -0.1) is 0 Å². The molecule has 2 aromatic carbocycles. The van der Waals surface area contributed by atoms with Crippen LogP contribution in [0.25, 0.3) is 0 Å². The second kappa shape index (κ2) is 8.61. The summed E-state index contributed by atoms with van der Waals surface area (Å²) in [4.78, 5) is 12.9. The highest BCUT2D eigenvalue weighted by Crippen LogP contribution is 2.31. The average molecular weight is 390 g/mol. The lowest BCUT2D eigenvalue weighted by atomic mass is 9.93. The van der Waals surface area contributed by atoms with E-state index in [0.717, 1.165) is 11.1 Å². The number of halogens is 1. The summed E-state index contributed by atoms with van der Waals surface area (Å²) in [6, 6.07) is 12.9. The van der Waals surface area contributed by atoms with Crippen molar-refractivity contribution < 1.29 is 14.3 Å². The summed E-state index contributed by atoms with van der Waals surface area (Å²) in [5.74, 6) is 1.02. The van der Waals surface area contributed by atoms with Crippen LogP contribution in [0.1, 0.15) is 30.1 Å². The predicted octanol–water partition coefficient (Wildman–Crippen LogP) is 3.00. The maximum Gasteiger partial charge on any atom is 0.226 e. The first-order chi connectivity index (χ1) is 13.0. The average Bonchev–Trinajstić information content (AvgIpc) is 3.17. The Morgan fingerprint density at radius 2 is 1.96 bits per heavy atom. The minimum atomic E-state index is -0.244. The van der Waals surface area contributed by atoms with Gasteiger partial charge in [-0.25, -0.2) is 5.43 Å². The van der Waals surface area contributed by atoms with Crippen LogP contribution in [-0.2, 0) is 4.79 Å². The Morgan fingerprint density at radius 1 is 1.19 bits per heavy atom. The van der Waals surface area contributed by atoms with Gasteiger partial charge in [0.25, 0.3) is 0 Å². The molecule has 3 unspecified atom stereocenters. The van der Waals surface area contributed by atoms with Crippen molar-refractivity contribution in [3.05, 3.63) is 58.6 Å². The summed E-state index contributed by atoms with van der Waals surface area (Å²) in [5, 5.41) is 3.74. The molecule has 27 heavy (non-hydrogen) atoms. The zero-order valence-electron chi connectivity index (χ0n) is 15.6. The van der Waals surface area contributed by atoms with E-state index in [1.54, 1.807) is 14.2 Å². The molecular formula is C20H24ClN3O3. The van der Waals surface area contributed by atoms with Crippen LogP contribution in [0.2, 0.25) is 5.02 Å². The van der Waals surface area contributed by atoms with Crippen molar-refractivity contribution in [3.8, 4) is 11.5 Å². The number of ether oxygens (including phenoxy) is 2. The molecule has 3 N–H and O–H groups in total. The molecule has 0 aromatic heterocycles. The van der Waals surface area contributed by atoms with Gasteiger partial charge < -0.3 is 14.8 Å². The minimum absolute atomic E-state index is 0.0280. The van der Waals surface area contributed by atoms with Crippen molar-refractivity contribution in [2.45, 2.75) is 19.0 Å². The smallest absolute Gasteiger partial charge is 0.226 e. The molecule has 1 aliphatic heterocycles. The lowest BCUT2D eigenvalue weighted by Gasteiger charge is -2.22. The van der Waals surface area contributed by atoms with Crippen LogP contribution >= 0.6 is 11.6 Å². The first-order valence-corrected chi connectivity index (χ1v) is 9.17. The zero-order valence-corrected chi connectivity index (χ0v) is 16.3. The van der Waals surface area contributed by atoms with Crippen molar-refractivity contribution in [3.63, 3.8) is 0 Å². The number of methoxy groups -OCH3 is 2. The van der Waals surface area contributed by atoms with E-state index in [-0.39, 0.29) is 23.9 Å². The van der Waals surface area contributed by atoms with Gasteiger partial charge >= 0.3 is 0 Å². The standard InChI is InChI=1S/C20H24ClN3O3/c1-12(13-7-8-17(26-2)18(10-13)27-3)23-20(25)16-11-22-24-19(16)14-5-4-6-15(21)9-14/h4-10,12,16,19,22,24H,11H2,1-3H3,(H,23,25). The Labute approximate surface area is 164 Å². The number of benzene rings is 2. The molecule has 3 atom stereocenters. The van der Waals surface area contributed by atoms with Gasteiger partial charge in [0.2, 0.25) is 5.91 Å². The van der Waals surface area contributed by atoms with Crippen LogP contribution in [0.15, 0.2) is 42.5 Å². The maximum absolute atomic E-state index is 12.9. The molecule has 1 heterocycles. The number of hydrogen-bond acceptors (Lipinski definition) is 5. The zero-order chi connectivity index (χ0) is 19.4. The predicted molar refractivity (Wildman–Crippen MR) is 105 cm³/mol. The minimum Gasteiger partial charge on any atom is -0.493 e. The quantitative estimate of drug-likeness (QED) is 0.708. The third kappa shape index (κ3) is 4.35. The summed E-state index contributed by atoms with van der Waals surface area (Å²) in [7, 11) is 3.19. The number of rotatable bonds is 6. The van der Waals surface area contributed by atoms with E-state index in [4.69, 9.17) is 21.1 Å². The van der Waals surface area contributed by atoms with Crippen molar-refractivity contribution >= 4 is 17.5 Å². The van der Waals surface area contributed by atoms with Gasteiger partial charge in [0.1, 0.15) is 0 Å². The normalized spacial score (nSPS) is 20.1. The van der Waals surface area contributed by atoms with Crippen LogP contribution < -0.4 is 25.6 Å². The molecule has 0 aliphatic carbocycles. The highest BCUT2D eigenvalue weighted by Gasteiger charge is 2.34. The van der Waals surface area contributed by atoms with E-state index in [9.17, 15) is 4.79 Å². The molecular weight excluding hydrogens is 366 g/mol. The van der Waals surface area contributed by atoms with Crippen LogP contribution in [0.3, 0.4) is 0 Å². The third-order valence-corrected chi connectivity index (χ3v) is 5.03. The summed E-state index contributed by atoms with van der Waals surface area (Å²) < 4.78 is 10.6. The number of nitrogens with one attached hydrogen (secondary N) is 3. The summed E-state index contributed by atoms with van der Waals surface area (Å²) >= 11 is 6.10. The van der Waals surface area contributed by atoms with Gasteiger partial charge in [-0.1, -0.05) is 29.8 Å². The largest absolute Gasteiger partial charge is 0.493 e. The fourth-order valence-electron chi connectivity index (χ4n) is 3.28. The Bertz CT molecular complexity index is 815. The molecule has 2 aromatic rings. The summed E-state index contributed by atoms with van der Waals surface area (Å²) in [6.45, 7) is 2.49. The number of hydrogen-bond donors (Lipinski definition) is 3. The van der Waals surface area contributed by atoms with Crippen molar-refractivity contribution in [2.24, 2.45) is 5.92 Å². The van der Waals surface area contributed by atoms with E-state index in [1.807, 2.05) is 49.4 Å². The van der Waals surface area contributed by atoms with Crippen LogP contribution in [0, 0.1) is 5.92 Å². The van der Waals surface area contributed by atoms with Gasteiger partial charge in [-0.2, -0.15) is 0 Å².